The molecule has 0 aliphatic rings. The maximum Gasteiger partial charge on any atom is 0.271 e. The standard InChI is InChI=1S/C9H9N3O/c1-10-9(13)8-6-7-4-2-3-5-12(7)11-8/h2-6H,1H3,(H,10,13). The molecule has 0 radical (unpaired) electrons. The topological polar surface area (TPSA) is 46.4 Å². The molecule has 1 amide bonds. The fourth-order valence-corrected chi connectivity index (χ4v) is 1.18. The molecule has 2 aromatic heterocycles. The number of hydrogen-bond acceptors (Lipinski definition) is 2. The van der Waals surface area contributed by atoms with Crippen LogP contribution in [0.2, 0.25) is 0 Å². The van der Waals surface area contributed by atoms with E-state index >= 15 is 0 Å². The van der Waals surface area contributed by atoms with Crippen LogP contribution < -0.4 is 5.32 Å². The summed E-state index contributed by atoms with van der Waals surface area (Å²) in [5, 5.41) is 6.62. The van der Waals surface area contributed by atoms with Crippen molar-refractivity contribution in [3.8, 4) is 0 Å². The second-order valence-electron chi connectivity index (χ2n) is 2.68. The minimum Gasteiger partial charge on any atom is -0.354 e. The molecule has 2 heterocycles. The molecule has 13 heavy (non-hydrogen) atoms. The van der Waals surface area contributed by atoms with E-state index in [-0.39, 0.29) is 5.91 Å². The first-order valence-electron chi connectivity index (χ1n) is 3.98. The Bertz CT molecular complexity index is 414. The van der Waals surface area contributed by atoms with Gasteiger partial charge in [0.2, 0.25) is 0 Å². The van der Waals surface area contributed by atoms with Crippen LogP contribution in [-0.4, -0.2) is 22.6 Å². The molecular weight excluding hydrogens is 166 g/mol. The Balaban J connectivity index is 2.56. The first-order chi connectivity index (χ1) is 6.31. The van der Waals surface area contributed by atoms with Gasteiger partial charge in [-0.2, -0.15) is 5.10 Å². The molecule has 0 saturated carbocycles. The average molecular weight is 175 g/mol. The Morgan fingerprint density at radius 3 is 3.08 bits per heavy atom. The zero-order valence-corrected chi connectivity index (χ0v) is 7.19. The number of fused-ring (bicyclic) bond motifs is 1. The lowest BCUT2D eigenvalue weighted by Crippen LogP contribution is -2.18. The molecule has 0 aromatic carbocycles. The van der Waals surface area contributed by atoms with E-state index < -0.39 is 0 Å². The molecule has 0 aliphatic heterocycles. The predicted octanol–water partition coefficient (Wildman–Crippen LogP) is 0.694. The van der Waals surface area contributed by atoms with Crippen LogP contribution in [0.15, 0.2) is 30.5 Å². The van der Waals surface area contributed by atoms with Crippen molar-refractivity contribution in [3.63, 3.8) is 0 Å². The van der Waals surface area contributed by atoms with Crippen LogP contribution >= 0.6 is 0 Å². The third kappa shape index (κ3) is 1.26. The highest BCUT2D eigenvalue weighted by atomic mass is 16.1. The van der Waals surface area contributed by atoms with E-state index in [0.29, 0.717) is 5.69 Å². The molecule has 4 nitrogen and oxygen atoms in total. The fourth-order valence-electron chi connectivity index (χ4n) is 1.18. The molecular formula is C9H9N3O. The van der Waals surface area contributed by atoms with Crippen molar-refractivity contribution in [3.05, 3.63) is 36.2 Å². The van der Waals surface area contributed by atoms with Crippen molar-refractivity contribution in [1.29, 1.82) is 0 Å². The van der Waals surface area contributed by atoms with Gasteiger partial charge in [0.1, 0.15) is 0 Å². The second kappa shape index (κ2) is 2.90. The molecule has 0 fully saturated rings. The monoisotopic (exact) mass is 175 g/mol. The Labute approximate surface area is 75.2 Å². The molecule has 0 bridgehead atoms. The van der Waals surface area contributed by atoms with Crippen molar-refractivity contribution in [2.24, 2.45) is 0 Å². The molecule has 0 atom stereocenters. The van der Waals surface area contributed by atoms with E-state index in [4.69, 9.17) is 0 Å². The molecule has 0 unspecified atom stereocenters. The third-order valence-corrected chi connectivity index (χ3v) is 1.83. The van der Waals surface area contributed by atoms with Crippen molar-refractivity contribution < 1.29 is 4.79 Å². The number of pyridine rings is 1. The van der Waals surface area contributed by atoms with Crippen molar-refractivity contribution in [2.75, 3.05) is 7.05 Å². The van der Waals surface area contributed by atoms with Gasteiger partial charge in [0.15, 0.2) is 5.69 Å². The van der Waals surface area contributed by atoms with Gasteiger partial charge in [0.25, 0.3) is 5.91 Å². The lowest BCUT2D eigenvalue weighted by molar-refractivity contribution is 0.0958. The number of amides is 1. The SMILES string of the molecule is CNC(=O)c1cc2ccccn2n1. The number of nitrogens with one attached hydrogen (secondary N) is 1. The van der Waals surface area contributed by atoms with Gasteiger partial charge in [-0.05, 0) is 18.2 Å². The van der Waals surface area contributed by atoms with Gasteiger partial charge in [-0.15, -0.1) is 0 Å². The largest absolute Gasteiger partial charge is 0.354 e. The second-order valence-corrected chi connectivity index (χ2v) is 2.68. The minimum atomic E-state index is -0.163. The number of rotatable bonds is 1. The van der Waals surface area contributed by atoms with Gasteiger partial charge in [0, 0.05) is 13.2 Å². The highest BCUT2D eigenvalue weighted by Gasteiger charge is 2.07. The highest BCUT2D eigenvalue weighted by Crippen LogP contribution is 2.04. The van der Waals surface area contributed by atoms with E-state index in [1.807, 2.05) is 24.4 Å². The first kappa shape index (κ1) is 7.79. The van der Waals surface area contributed by atoms with E-state index in [0.717, 1.165) is 5.52 Å². The Morgan fingerprint density at radius 1 is 1.54 bits per heavy atom. The zero-order valence-electron chi connectivity index (χ0n) is 7.19. The number of hydrogen-bond donors (Lipinski definition) is 1. The average Bonchev–Trinajstić information content (AvgIpc) is 2.59. The number of aromatic nitrogens is 2. The summed E-state index contributed by atoms with van der Waals surface area (Å²) in [6, 6.07) is 7.43. The van der Waals surface area contributed by atoms with Gasteiger partial charge < -0.3 is 5.32 Å². The highest BCUT2D eigenvalue weighted by molar-refractivity contribution is 5.93. The fraction of sp³-hybridized carbons (Fsp3) is 0.111. The molecule has 2 aromatic rings. The van der Waals surface area contributed by atoms with Crippen LogP contribution in [-0.2, 0) is 0 Å². The lowest BCUT2D eigenvalue weighted by atomic mass is 10.3. The van der Waals surface area contributed by atoms with Gasteiger partial charge >= 0.3 is 0 Å². The smallest absolute Gasteiger partial charge is 0.271 e. The van der Waals surface area contributed by atoms with Crippen molar-refractivity contribution in [2.45, 2.75) is 0 Å². The van der Waals surface area contributed by atoms with Gasteiger partial charge in [-0.1, -0.05) is 6.07 Å². The third-order valence-electron chi connectivity index (χ3n) is 1.83. The normalized spacial score (nSPS) is 10.2. The lowest BCUT2D eigenvalue weighted by Gasteiger charge is -1.90. The van der Waals surface area contributed by atoms with E-state index in [1.165, 1.54) is 0 Å². The predicted molar refractivity (Wildman–Crippen MR) is 48.6 cm³/mol. The molecule has 66 valence electrons. The molecule has 0 aliphatic carbocycles. The molecule has 2 rings (SSSR count). The van der Waals surface area contributed by atoms with Crippen LogP contribution in [0.4, 0.5) is 0 Å². The summed E-state index contributed by atoms with van der Waals surface area (Å²) >= 11 is 0. The van der Waals surface area contributed by atoms with Crippen LogP contribution in [0.25, 0.3) is 5.52 Å². The van der Waals surface area contributed by atoms with Crippen molar-refractivity contribution >= 4 is 11.4 Å². The Kier molecular flexibility index (Phi) is 1.73. The summed E-state index contributed by atoms with van der Waals surface area (Å²) in [6.45, 7) is 0. The maximum absolute atomic E-state index is 11.2. The summed E-state index contributed by atoms with van der Waals surface area (Å²) in [4.78, 5) is 11.2. The van der Waals surface area contributed by atoms with E-state index in [9.17, 15) is 4.79 Å². The summed E-state index contributed by atoms with van der Waals surface area (Å²) in [5.74, 6) is -0.163. The first-order valence-corrected chi connectivity index (χ1v) is 3.98. The summed E-state index contributed by atoms with van der Waals surface area (Å²) in [7, 11) is 1.59. The van der Waals surface area contributed by atoms with Gasteiger partial charge in [0.05, 0.1) is 5.52 Å². The number of carbonyl (C=O) groups excluding carboxylic acids is 1. The zero-order chi connectivity index (χ0) is 9.26. The number of nitrogens with zero attached hydrogens (tertiary/aromatic N) is 2. The summed E-state index contributed by atoms with van der Waals surface area (Å²) < 4.78 is 1.67. The Hall–Kier alpha value is -1.84. The molecule has 0 saturated heterocycles. The van der Waals surface area contributed by atoms with Crippen molar-refractivity contribution in [1.82, 2.24) is 14.9 Å². The van der Waals surface area contributed by atoms with E-state index in [1.54, 1.807) is 17.6 Å². The summed E-state index contributed by atoms with van der Waals surface area (Å²) in [5.41, 5.74) is 1.36. The minimum absolute atomic E-state index is 0.163. The quantitative estimate of drug-likeness (QED) is 0.693. The van der Waals surface area contributed by atoms with Gasteiger partial charge in [-0.25, -0.2) is 4.52 Å². The number of carbonyl (C=O) groups is 1. The van der Waals surface area contributed by atoms with Crippen LogP contribution in [0, 0.1) is 0 Å². The van der Waals surface area contributed by atoms with E-state index in [2.05, 4.69) is 10.4 Å². The molecule has 0 spiro atoms. The van der Waals surface area contributed by atoms with Gasteiger partial charge in [-0.3, -0.25) is 4.79 Å². The maximum atomic E-state index is 11.2. The Morgan fingerprint density at radius 2 is 2.38 bits per heavy atom. The van der Waals surface area contributed by atoms with Crippen LogP contribution in [0.1, 0.15) is 10.5 Å². The van der Waals surface area contributed by atoms with Crippen LogP contribution in [0.5, 0.6) is 0 Å². The molecule has 1 N–H and O–H groups in total. The van der Waals surface area contributed by atoms with Crippen LogP contribution in [0.3, 0.4) is 0 Å². The summed E-state index contributed by atoms with van der Waals surface area (Å²) in [6.07, 6.45) is 1.81. The molecule has 4 heteroatoms.